The van der Waals surface area contributed by atoms with Crippen molar-refractivity contribution in [1.82, 2.24) is 10.2 Å². The number of nitrogens with two attached hydrogens (primary N) is 1. The van der Waals surface area contributed by atoms with Crippen LogP contribution in [0.15, 0.2) is 0 Å². The summed E-state index contributed by atoms with van der Waals surface area (Å²) in [4.78, 5) is 14.8. The highest BCUT2D eigenvalue weighted by molar-refractivity contribution is 5.81. The second kappa shape index (κ2) is 5.77. The monoisotopic (exact) mass is 267 g/mol. The highest BCUT2D eigenvalue weighted by atomic mass is 16.5. The third kappa shape index (κ3) is 2.78. The van der Waals surface area contributed by atoms with E-state index in [0.29, 0.717) is 18.6 Å². The molecule has 0 saturated carbocycles. The Labute approximate surface area is 114 Å². The molecule has 5 nitrogen and oxygen atoms in total. The minimum atomic E-state index is -0.272. The Morgan fingerprint density at radius 3 is 2.89 bits per heavy atom. The molecule has 3 fully saturated rings. The molecule has 108 valence electrons. The van der Waals surface area contributed by atoms with Crippen molar-refractivity contribution in [1.29, 1.82) is 0 Å². The zero-order valence-corrected chi connectivity index (χ0v) is 11.5. The molecule has 3 rings (SSSR count). The fourth-order valence-electron chi connectivity index (χ4n) is 3.76. The van der Waals surface area contributed by atoms with E-state index in [9.17, 15) is 4.79 Å². The van der Waals surface area contributed by atoms with Crippen molar-refractivity contribution in [3.8, 4) is 0 Å². The number of rotatable bonds is 3. The van der Waals surface area contributed by atoms with Gasteiger partial charge in [-0.1, -0.05) is 6.42 Å². The maximum absolute atomic E-state index is 12.2. The highest BCUT2D eigenvalue weighted by Crippen LogP contribution is 2.27. The van der Waals surface area contributed by atoms with Gasteiger partial charge in [-0.2, -0.15) is 0 Å². The third-order valence-electron chi connectivity index (χ3n) is 4.85. The molecule has 0 aromatic heterocycles. The number of fused-ring (bicyclic) bond motifs is 1. The lowest BCUT2D eigenvalue weighted by Crippen LogP contribution is -2.49. The quantitative estimate of drug-likeness (QED) is 0.768. The lowest BCUT2D eigenvalue weighted by Gasteiger charge is -2.32. The Morgan fingerprint density at radius 2 is 2.11 bits per heavy atom. The van der Waals surface area contributed by atoms with Gasteiger partial charge in [-0.05, 0) is 38.6 Å². The highest BCUT2D eigenvalue weighted by Gasteiger charge is 2.38. The number of hydrogen-bond donors (Lipinski definition) is 2. The van der Waals surface area contributed by atoms with Crippen LogP contribution in [-0.2, 0) is 9.53 Å². The number of nitrogens with one attached hydrogen (secondary N) is 1. The molecule has 4 atom stereocenters. The summed E-state index contributed by atoms with van der Waals surface area (Å²) in [6.07, 6.45) is 6.44. The standard InChI is InChI=1S/C14H25N3O2/c15-9-10-4-5-13(19-10)14(18)16-11-6-8-17-7-2-1-3-12(11)17/h10-13H,1-9,15H2,(H,16,18). The molecule has 3 saturated heterocycles. The number of hydrogen-bond acceptors (Lipinski definition) is 4. The van der Waals surface area contributed by atoms with Gasteiger partial charge in [0.15, 0.2) is 0 Å². The molecule has 3 aliphatic heterocycles. The van der Waals surface area contributed by atoms with Crippen LogP contribution in [0.3, 0.4) is 0 Å². The maximum Gasteiger partial charge on any atom is 0.249 e. The summed E-state index contributed by atoms with van der Waals surface area (Å²) < 4.78 is 5.67. The predicted molar refractivity (Wildman–Crippen MR) is 72.7 cm³/mol. The summed E-state index contributed by atoms with van der Waals surface area (Å²) in [5, 5.41) is 3.22. The van der Waals surface area contributed by atoms with Crippen molar-refractivity contribution in [3.63, 3.8) is 0 Å². The van der Waals surface area contributed by atoms with Gasteiger partial charge in [0.2, 0.25) is 5.91 Å². The van der Waals surface area contributed by atoms with Crippen molar-refractivity contribution >= 4 is 5.91 Å². The largest absolute Gasteiger partial charge is 0.364 e. The molecule has 0 radical (unpaired) electrons. The van der Waals surface area contributed by atoms with Crippen LogP contribution < -0.4 is 11.1 Å². The van der Waals surface area contributed by atoms with E-state index in [4.69, 9.17) is 10.5 Å². The van der Waals surface area contributed by atoms with Crippen LogP contribution in [0.5, 0.6) is 0 Å². The first-order chi connectivity index (χ1) is 9.28. The normalized spacial score (nSPS) is 39.2. The number of carbonyl (C=O) groups is 1. The van der Waals surface area contributed by atoms with Gasteiger partial charge in [0.05, 0.1) is 6.10 Å². The van der Waals surface area contributed by atoms with E-state index in [1.165, 1.54) is 25.8 Å². The van der Waals surface area contributed by atoms with Gasteiger partial charge in [-0.15, -0.1) is 0 Å². The first-order valence-corrected chi connectivity index (χ1v) is 7.68. The summed E-state index contributed by atoms with van der Waals surface area (Å²) in [5.74, 6) is 0.0772. The average Bonchev–Trinajstić information content (AvgIpc) is 3.06. The van der Waals surface area contributed by atoms with E-state index in [0.717, 1.165) is 25.8 Å². The molecular formula is C14H25N3O2. The number of carbonyl (C=O) groups excluding carboxylic acids is 1. The van der Waals surface area contributed by atoms with E-state index in [1.54, 1.807) is 0 Å². The molecule has 3 N–H and O–H groups in total. The second-order valence-electron chi connectivity index (χ2n) is 6.06. The molecule has 1 amide bonds. The van der Waals surface area contributed by atoms with E-state index >= 15 is 0 Å². The predicted octanol–water partition coefficient (Wildman–Crippen LogP) is 0.236. The Morgan fingerprint density at radius 1 is 1.21 bits per heavy atom. The zero-order chi connectivity index (χ0) is 13.2. The maximum atomic E-state index is 12.2. The molecule has 19 heavy (non-hydrogen) atoms. The third-order valence-corrected chi connectivity index (χ3v) is 4.85. The Hall–Kier alpha value is -0.650. The molecule has 0 bridgehead atoms. The summed E-state index contributed by atoms with van der Waals surface area (Å²) in [6, 6.07) is 0.887. The fraction of sp³-hybridized carbons (Fsp3) is 0.929. The van der Waals surface area contributed by atoms with Crippen LogP contribution in [0.1, 0.15) is 38.5 Å². The molecular weight excluding hydrogens is 242 g/mol. The van der Waals surface area contributed by atoms with E-state index < -0.39 is 0 Å². The van der Waals surface area contributed by atoms with Crippen molar-refractivity contribution < 1.29 is 9.53 Å². The SMILES string of the molecule is NCC1CCC(C(=O)NC2CCN3CCCCC23)O1. The van der Waals surface area contributed by atoms with Gasteiger partial charge in [-0.3, -0.25) is 9.69 Å². The minimum Gasteiger partial charge on any atom is -0.364 e. The van der Waals surface area contributed by atoms with E-state index in [1.807, 2.05) is 0 Å². The van der Waals surface area contributed by atoms with Crippen molar-refractivity contribution in [3.05, 3.63) is 0 Å². The van der Waals surface area contributed by atoms with E-state index in [-0.39, 0.29) is 18.1 Å². The van der Waals surface area contributed by atoms with Crippen LogP contribution in [0.4, 0.5) is 0 Å². The van der Waals surface area contributed by atoms with Gasteiger partial charge < -0.3 is 15.8 Å². The van der Waals surface area contributed by atoms with Gasteiger partial charge in [0.25, 0.3) is 0 Å². The molecule has 3 aliphatic rings. The average molecular weight is 267 g/mol. The summed E-state index contributed by atoms with van der Waals surface area (Å²) in [5.41, 5.74) is 5.58. The Balaban J connectivity index is 1.52. The van der Waals surface area contributed by atoms with Gasteiger partial charge >= 0.3 is 0 Å². The topological polar surface area (TPSA) is 67.6 Å². The molecule has 0 aliphatic carbocycles. The van der Waals surface area contributed by atoms with Crippen molar-refractivity contribution in [2.45, 2.75) is 62.8 Å². The second-order valence-corrected chi connectivity index (χ2v) is 6.06. The lowest BCUT2D eigenvalue weighted by molar-refractivity contribution is -0.132. The summed E-state index contributed by atoms with van der Waals surface area (Å²) in [6.45, 7) is 2.85. The molecule has 0 aromatic rings. The zero-order valence-electron chi connectivity index (χ0n) is 11.5. The molecule has 5 heteroatoms. The van der Waals surface area contributed by atoms with Crippen LogP contribution >= 0.6 is 0 Å². The first kappa shape index (κ1) is 13.3. The lowest BCUT2D eigenvalue weighted by atomic mass is 9.99. The van der Waals surface area contributed by atoms with Gasteiger partial charge in [-0.25, -0.2) is 0 Å². The molecule has 4 unspecified atom stereocenters. The minimum absolute atomic E-state index is 0.0745. The number of piperidine rings is 1. The van der Waals surface area contributed by atoms with E-state index in [2.05, 4.69) is 10.2 Å². The Kier molecular flexibility index (Phi) is 4.05. The van der Waals surface area contributed by atoms with Crippen LogP contribution in [0.2, 0.25) is 0 Å². The van der Waals surface area contributed by atoms with Crippen LogP contribution in [-0.4, -0.2) is 54.7 Å². The van der Waals surface area contributed by atoms with Crippen molar-refractivity contribution in [2.75, 3.05) is 19.6 Å². The number of amides is 1. The van der Waals surface area contributed by atoms with Crippen LogP contribution in [0, 0.1) is 0 Å². The molecule has 0 aromatic carbocycles. The number of nitrogens with zero attached hydrogens (tertiary/aromatic N) is 1. The Bertz CT molecular complexity index is 337. The van der Waals surface area contributed by atoms with Gasteiger partial charge in [0.1, 0.15) is 6.10 Å². The number of ether oxygens (including phenoxy) is 1. The summed E-state index contributed by atoms with van der Waals surface area (Å²) >= 11 is 0. The molecule has 0 spiro atoms. The smallest absolute Gasteiger partial charge is 0.249 e. The molecule has 3 heterocycles. The summed E-state index contributed by atoms with van der Waals surface area (Å²) in [7, 11) is 0. The van der Waals surface area contributed by atoms with Crippen molar-refractivity contribution in [2.24, 2.45) is 5.73 Å². The fourth-order valence-corrected chi connectivity index (χ4v) is 3.76. The first-order valence-electron chi connectivity index (χ1n) is 7.68. The van der Waals surface area contributed by atoms with Gasteiger partial charge in [0, 0.05) is 25.2 Å². The van der Waals surface area contributed by atoms with Crippen LogP contribution in [0.25, 0.3) is 0 Å².